The van der Waals surface area contributed by atoms with E-state index in [-0.39, 0.29) is 23.7 Å². The van der Waals surface area contributed by atoms with Crippen LogP contribution in [-0.2, 0) is 28.2 Å². The Labute approximate surface area is 232 Å². The minimum atomic E-state index is -0.814. The molecule has 40 heavy (non-hydrogen) atoms. The van der Waals surface area contributed by atoms with Crippen molar-refractivity contribution in [3.63, 3.8) is 0 Å². The molecule has 2 aliphatic heterocycles. The first-order chi connectivity index (χ1) is 19.4. The zero-order valence-corrected chi connectivity index (χ0v) is 22.2. The van der Waals surface area contributed by atoms with Crippen molar-refractivity contribution in [3.05, 3.63) is 101 Å². The maximum atomic E-state index is 13.6. The van der Waals surface area contributed by atoms with Crippen LogP contribution >= 0.6 is 0 Å². The number of hydrogen-bond acceptors (Lipinski definition) is 4. The number of carboxylic acids is 1. The van der Waals surface area contributed by atoms with Gasteiger partial charge in [-0.05, 0) is 97.3 Å². The molecular formula is C33H31FN2O4. The minimum Gasteiger partial charge on any atom is -0.481 e. The number of carboxylic acid groups (broad SMARTS) is 1. The molecule has 204 valence electrons. The molecule has 0 saturated carbocycles. The molecular weight excluding hydrogens is 507 g/mol. The van der Waals surface area contributed by atoms with E-state index in [1.165, 1.54) is 23.3 Å². The number of aliphatic carboxylic acids is 1. The van der Waals surface area contributed by atoms with Crippen LogP contribution in [0.15, 0.2) is 72.8 Å². The smallest absolute Gasteiger partial charge is 0.303 e. The third-order valence-corrected chi connectivity index (χ3v) is 8.22. The number of benzene rings is 3. The van der Waals surface area contributed by atoms with Crippen molar-refractivity contribution in [2.45, 2.75) is 50.7 Å². The number of hydrogen-bond donors (Lipinski definition) is 1. The van der Waals surface area contributed by atoms with Gasteiger partial charge in [0.25, 0.3) is 5.91 Å². The van der Waals surface area contributed by atoms with Gasteiger partial charge in [-0.1, -0.05) is 24.3 Å². The molecule has 1 amide bonds. The van der Waals surface area contributed by atoms with Gasteiger partial charge in [0, 0.05) is 36.0 Å². The number of unbranched alkanes of at least 4 members (excludes halogenated alkanes) is 1. The minimum absolute atomic E-state index is 0.00588. The van der Waals surface area contributed by atoms with Crippen LogP contribution in [0.1, 0.15) is 59.2 Å². The number of ether oxygens (including phenoxy) is 1. The first-order valence-electron chi connectivity index (χ1n) is 13.8. The van der Waals surface area contributed by atoms with E-state index in [4.69, 9.17) is 14.8 Å². The highest BCUT2D eigenvalue weighted by Gasteiger charge is 2.43. The number of carbonyl (C=O) groups excluding carboxylic acids is 1. The number of fused-ring (bicyclic) bond motifs is 3. The van der Waals surface area contributed by atoms with Crippen LogP contribution in [0, 0.1) is 5.82 Å². The summed E-state index contributed by atoms with van der Waals surface area (Å²) in [6.45, 7) is 1.88. The highest BCUT2D eigenvalue weighted by atomic mass is 19.1. The van der Waals surface area contributed by atoms with E-state index in [9.17, 15) is 14.0 Å². The van der Waals surface area contributed by atoms with Gasteiger partial charge in [0.15, 0.2) is 0 Å². The second-order valence-electron chi connectivity index (χ2n) is 10.7. The Balaban J connectivity index is 1.24. The number of aryl methyl sites for hydroxylation is 1. The van der Waals surface area contributed by atoms with E-state index in [1.807, 2.05) is 35.2 Å². The third-order valence-electron chi connectivity index (χ3n) is 8.22. The van der Waals surface area contributed by atoms with Crippen LogP contribution in [0.3, 0.4) is 0 Å². The van der Waals surface area contributed by atoms with Crippen molar-refractivity contribution in [2.75, 3.05) is 13.1 Å². The maximum absolute atomic E-state index is 13.6. The summed E-state index contributed by atoms with van der Waals surface area (Å²) in [7, 11) is 0. The fraction of sp³-hybridized carbons (Fsp3) is 0.303. The van der Waals surface area contributed by atoms with Gasteiger partial charge in [-0.3, -0.25) is 9.59 Å². The van der Waals surface area contributed by atoms with E-state index in [2.05, 4.69) is 18.2 Å². The third kappa shape index (κ3) is 5.09. The van der Waals surface area contributed by atoms with Gasteiger partial charge in [-0.15, -0.1) is 0 Å². The normalized spacial score (nSPS) is 15.9. The van der Waals surface area contributed by atoms with E-state index >= 15 is 0 Å². The number of nitrogens with zero attached hydrogens (tertiary/aromatic N) is 2. The van der Waals surface area contributed by atoms with Crippen LogP contribution in [-0.4, -0.2) is 40.0 Å². The Bertz CT molecular complexity index is 1580. The Morgan fingerprint density at radius 3 is 2.52 bits per heavy atom. The molecule has 0 atom stereocenters. The second-order valence-corrected chi connectivity index (χ2v) is 10.7. The molecule has 1 fully saturated rings. The van der Waals surface area contributed by atoms with Crippen LogP contribution in [0.2, 0.25) is 0 Å². The molecule has 0 radical (unpaired) electrons. The predicted molar refractivity (Wildman–Crippen MR) is 150 cm³/mol. The Hall–Kier alpha value is -4.10. The van der Waals surface area contributed by atoms with Crippen molar-refractivity contribution in [3.8, 4) is 11.3 Å². The lowest BCUT2D eigenvalue weighted by molar-refractivity contribution is -0.137. The molecule has 0 bridgehead atoms. The number of likely N-dealkylation sites (tertiary alicyclic amines) is 1. The molecule has 3 heterocycles. The maximum Gasteiger partial charge on any atom is 0.303 e. The lowest BCUT2D eigenvalue weighted by atomic mass is 9.83. The standard InChI is InChI=1S/C33H31FN2O4/c34-27-12-9-22(10-13-27)31-23(5-2-4-8-30(37)38)19-26-20-24(11-14-29(26)35-31)32(39)36-17-15-33(16-18-36)28-7-3-1-6-25(28)21-40-33/h1,3,6-7,9-14,19-20H,2,4-5,8,15-18,21H2,(H,37,38). The summed E-state index contributed by atoms with van der Waals surface area (Å²) in [6, 6.07) is 22.2. The average molecular weight is 539 g/mol. The number of rotatable bonds is 7. The van der Waals surface area contributed by atoms with Gasteiger partial charge in [0.2, 0.25) is 0 Å². The highest BCUT2D eigenvalue weighted by molar-refractivity contribution is 5.98. The lowest BCUT2D eigenvalue weighted by Gasteiger charge is -2.39. The van der Waals surface area contributed by atoms with Gasteiger partial charge in [-0.2, -0.15) is 0 Å². The first kappa shape index (κ1) is 26.1. The van der Waals surface area contributed by atoms with Crippen LogP contribution < -0.4 is 0 Å². The van der Waals surface area contributed by atoms with Crippen LogP contribution in [0.5, 0.6) is 0 Å². The summed E-state index contributed by atoms with van der Waals surface area (Å²) in [6.07, 6.45) is 3.53. The number of carbonyl (C=O) groups is 2. The Morgan fingerprint density at radius 1 is 0.975 bits per heavy atom. The summed E-state index contributed by atoms with van der Waals surface area (Å²) in [4.78, 5) is 31.3. The number of pyridine rings is 1. The summed E-state index contributed by atoms with van der Waals surface area (Å²) in [5.74, 6) is -1.14. The van der Waals surface area contributed by atoms with Gasteiger partial charge >= 0.3 is 5.97 Å². The molecule has 7 heteroatoms. The van der Waals surface area contributed by atoms with Gasteiger partial charge in [-0.25, -0.2) is 9.37 Å². The molecule has 1 N–H and O–H groups in total. The zero-order valence-electron chi connectivity index (χ0n) is 22.2. The summed E-state index contributed by atoms with van der Waals surface area (Å²) >= 11 is 0. The molecule has 1 spiro atoms. The van der Waals surface area contributed by atoms with Crippen molar-refractivity contribution in [1.82, 2.24) is 9.88 Å². The van der Waals surface area contributed by atoms with Gasteiger partial charge in [0.1, 0.15) is 5.82 Å². The monoisotopic (exact) mass is 538 g/mol. The van der Waals surface area contributed by atoms with Crippen molar-refractivity contribution >= 4 is 22.8 Å². The largest absolute Gasteiger partial charge is 0.481 e. The fourth-order valence-electron chi connectivity index (χ4n) is 6.04. The highest BCUT2D eigenvalue weighted by Crippen LogP contribution is 2.44. The zero-order chi connectivity index (χ0) is 27.7. The molecule has 2 aliphatic rings. The van der Waals surface area contributed by atoms with E-state index in [0.717, 1.165) is 40.6 Å². The van der Waals surface area contributed by atoms with Crippen molar-refractivity contribution in [1.29, 1.82) is 0 Å². The fourth-order valence-corrected chi connectivity index (χ4v) is 6.04. The van der Waals surface area contributed by atoms with Gasteiger partial charge in [0.05, 0.1) is 23.4 Å². The summed E-state index contributed by atoms with van der Waals surface area (Å²) < 4.78 is 19.9. The van der Waals surface area contributed by atoms with Crippen molar-refractivity contribution < 1.29 is 23.8 Å². The lowest BCUT2D eigenvalue weighted by Crippen LogP contribution is -2.45. The van der Waals surface area contributed by atoms with E-state index in [0.29, 0.717) is 44.5 Å². The summed E-state index contributed by atoms with van der Waals surface area (Å²) in [5, 5.41) is 9.87. The SMILES string of the molecule is O=C(O)CCCCc1cc2cc(C(=O)N3CCC4(CC3)OCc3ccccc34)ccc2nc1-c1ccc(F)cc1. The average Bonchev–Trinajstić information content (AvgIpc) is 3.33. The molecule has 6 nitrogen and oxygen atoms in total. The molecule has 1 aromatic heterocycles. The van der Waals surface area contributed by atoms with Gasteiger partial charge < -0.3 is 14.7 Å². The van der Waals surface area contributed by atoms with E-state index < -0.39 is 5.97 Å². The topological polar surface area (TPSA) is 79.7 Å². The molecule has 0 aliphatic carbocycles. The van der Waals surface area contributed by atoms with Crippen molar-refractivity contribution in [2.24, 2.45) is 0 Å². The molecule has 4 aromatic rings. The first-order valence-corrected chi connectivity index (χ1v) is 13.8. The van der Waals surface area contributed by atoms with Crippen LogP contribution in [0.4, 0.5) is 4.39 Å². The number of amides is 1. The quantitative estimate of drug-likeness (QED) is 0.272. The second kappa shape index (κ2) is 10.8. The Kier molecular flexibility index (Phi) is 7.07. The molecule has 3 aromatic carbocycles. The number of halogens is 1. The summed E-state index contributed by atoms with van der Waals surface area (Å²) in [5.41, 5.74) is 6.06. The number of piperidine rings is 1. The molecule has 1 saturated heterocycles. The predicted octanol–water partition coefficient (Wildman–Crippen LogP) is 6.50. The number of aromatic nitrogens is 1. The Morgan fingerprint density at radius 2 is 1.75 bits per heavy atom. The molecule has 0 unspecified atom stereocenters. The van der Waals surface area contributed by atoms with E-state index in [1.54, 1.807) is 12.1 Å². The molecule has 6 rings (SSSR count). The van der Waals surface area contributed by atoms with Crippen LogP contribution in [0.25, 0.3) is 22.2 Å².